The molecule has 0 fully saturated rings. The van der Waals surface area contributed by atoms with Gasteiger partial charge in [0.05, 0.1) is 6.10 Å². The third-order valence-corrected chi connectivity index (χ3v) is 2.96. The Balaban J connectivity index is 3.04. The molecule has 0 unspecified atom stereocenters. The molecule has 0 aromatic heterocycles. The van der Waals surface area contributed by atoms with Crippen molar-refractivity contribution in [2.75, 3.05) is 7.11 Å². The van der Waals surface area contributed by atoms with Gasteiger partial charge in [0, 0.05) is 16.1 Å². The molecule has 3 heteroatoms. The zero-order valence-corrected chi connectivity index (χ0v) is 10.1. The summed E-state index contributed by atoms with van der Waals surface area (Å²) in [5.41, 5.74) is 1.16. The zero-order chi connectivity index (χ0) is 9.14. The monoisotopic (exact) mass is 292 g/mol. The normalized spacial score (nSPS) is 13.0. The van der Waals surface area contributed by atoms with Crippen LogP contribution in [0.4, 0.5) is 0 Å². The van der Waals surface area contributed by atoms with E-state index in [0.717, 1.165) is 14.5 Å². The third-order valence-electron chi connectivity index (χ3n) is 1.75. The molecule has 0 saturated heterocycles. The van der Waals surface area contributed by atoms with Gasteiger partial charge in [-0.05, 0) is 30.7 Å². The van der Waals surface area contributed by atoms with Gasteiger partial charge in [0.2, 0.25) is 0 Å². The number of methoxy groups -OCH3 is 1. The fourth-order valence-corrected chi connectivity index (χ4v) is 1.90. The maximum atomic E-state index is 5.22. The number of hydrogen-bond donors (Lipinski definition) is 0. The molecule has 1 nitrogen and oxygen atoms in total. The average Bonchev–Trinajstić information content (AvgIpc) is 2.08. The van der Waals surface area contributed by atoms with Crippen molar-refractivity contribution >= 4 is 31.9 Å². The highest BCUT2D eigenvalue weighted by Gasteiger charge is 2.07. The molecule has 1 atom stereocenters. The van der Waals surface area contributed by atoms with E-state index in [1.54, 1.807) is 7.11 Å². The van der Waals surface area contributed by atoms with Gasteiger partial charge in [0.1, 0.15) is 0 Å². The summed E-state index contributed by atoms with van der Waals surface area (Å²) in [7, 11) is 1.71. The minimum absolute atomic E-state index is 0.122. The van der Waals surface area contributed by atoms with Crippen LogP contribution in [0.2, 0.25) is 0 Å². The second-order valence-corrected chi connectivity index (χ2v) is 4.31. The summed E-state index contributed by atoms with van der Waals surface area (Å²) >= 11 is 6.89. The molecular formula is C9H10Br2O. The zero-order valence-electron chi connectivity index (χ0n) is 6.97. The highest BCUT2D eigenvalue weighted by Crippen LogP contribution is 2.28. The number of halogens is 2. The molecule has 0 heterocycles. The molecule has 0 aliphatic rings. The molecule has 0 radical (unpaired) electrons. The van der Waals surface area contributed by atoms with Crippen LogP contribution in [0.5, 0.6) is 0 Å². The lowest BCUT2D eigenvalue weighted by Crippen LogP contribution is -1.96. The SMILES string of the molecule is CO[C@@H](C)c1cc(Br)ccc1Br. The summed E-state index contributed by atoms with van der Waals surface area (Å²) in [5, 5.41) is 0. The molecule has 0 aliphatic carbocycles. The summed E-state index contributed by atoms with van der Waals surface area (Å²) < 4.78 is 7.38. The summed E-state index contributed by atoms with van der Waals surface area (Å²) in [6, 6.07) is 6.06. The van der Waals surface area contributed by atoms with Gasteiger partial charge in [-0.3, -0.25) is 0 Å². The van der Waals surface area contributed by atoms with E-state index >= 15 is 0 Å². The Labute approximate surface area is 89.4 Å². The maximum absolute atomic E-state index is 5.22. The molecule has 66 valence electrons. The van der Waals surface area contributed by atoms with Crippen molar-refractivity contribution in [1.29, 1.82) is 0 Å². The summed E-state index contributed by atoms with van der Waals surface area (Å²) in [4.78, 5) is 0. The Hall–Kier alpha value is 0.140. The van der Waals surface area contributed by atoms with Crippen LogP contribution in [-0.4, -0.2) is 7.11 Å². The van der Waals surface area contributed by atoms with Crippen LogP contribution in [0.1, 0.15) is 18.6 Å². The maximum Gasteiger partial charge on any atom is 0.0804 e. The van der Waals surface area contributed by atoms with E-state index in [-0.39, 0.29) is 6.10 Å². The van der Waals surface area contributed by atoms with Gasteiger partial charge >= 0.3 is 0 Å². The van der Waals surface area contributed by atoms with Crippen molar-refractivity contribution in [3.8, 4) is 0 Å². The van der Waals surface area contributed by atoms with E-state index < -0.39 is 0 Å². The molecular weight excluding hydrogens is 284 g/mol. The third kappa shape index (κ3) is 2.31. The second kappa shape index (κ2) is 4.40. The van der Waals surface area contributed by atoms with Crippen LogP contribution in [0.3, 0.4) is 0 Å². The first kappa shape index (κ1) is 10.2. The largest absolute Gasteiger partial charge is 0.377 e. The van der Waals surface area contributed by atoms with Gasteiger partial charge in [0.15, 0.2) is 0 Å². The molecule has 0 N–H and O–H groups in total. The van der Waals surface area contributed by atoms with Crippen molar-refractivity contribution < 1.29 is 4.74 Å². The quantitative estimate of drug-likeness (QED) is 0.803. The number of rotatable bonds is 2. The first-order valence-corrected chi connectivity index (χ1v) is 5.21. The number of ether oxygens (including phenoxy) is 1. The minimum atomic E-state index is 0.122. The molecule has 12 heavy (non-hydrogen) atoms. The lowest BCUT2D eigenvalue weighted by molar-refractivity contribution is 0.119. The first-order valence-electron chi connectivity index (χ1n) is 3.63. The lowest BCUT2D eigenvalue weighted by Gasteiger charge is -2.11. The van der Waals surface area contributed by atoms with E-state index in [1.807, 2.05) is 19.1 Å². The van der Waals surface area contributed by atoms with Gasteiger partial charge in [-0.1, -0.05) is 31.9 Å². The molecule has 1 aromatic rings. The van der Waals surface area contributed by atoms with Crippen molar-refractivity contribution in [1.82, 2.24) is 0 Å². The van der Waals surface area contributed by atoms with Gasteiger partial charge in [-0.25, -0.2) is 0 Å². The number of hydrogen-bond acceptors (Lipinski definition) is 1. The van der Waals surface area contributed by atoms with E-state index in [9.17, 15) is 0 Å². The van der Waals surface area contributed by atoms with E-state index in [4.69, 9.17) is 4.74 Å². The topological polar surface area (TPSA) is 9.23 Å². The smallest absolute Gasteiger partial charge is 0.0804 e. The van der Waals surface area contributed by atoms with Gasteiger partial charge in [-0.15, -0.1) is 0 Å². The fourth-order valence-electron chi connectivity index (χ4n) is 0.953. The van der Waals surface area contributed by atoms with E-state index in [0.29, 0.717) is 0 Å². The Morgan fingerprint density at radius 2 is 2.00 bits per heavy atom. The second-order valence-electron chi connectivity index (χ2n) is 2.54. The predicted molar refractivity (Wildman–Crippen MR) is 57.3 cm³/mol. The van der Waals surface area contributed by atoms with Crippen LogP contribution in [0, 0.1) is 0 Å². The average molecular weight is 294 g/mol. The van der Waals surface area contributed by atoms with Gasteiger partial charge < -0.3 is 4.74 Å². The molecule has 0 saturated carbocycles. The standard InChI is InChI=1S/C9H10Br2O/c1-6(12-2)8-5-7(10)3-4-9(8)11/h3-6H,1-2H3/t6-/m0/s1. The summed E-state index contributed by atoms with van der Waals surface area (Å²) in [6.45, 7) is 2.02. The van der Waals surface area contributed by atoms with E-state index in [2.05, 4.69) is 37.9 Å². The van der Waals surface area contributed by atoms with Crippen molar-refractivity contribution in [2.45, 2.75) is 13.0 Å². The van der Waals surface area contributed by atoms with Crippen LogP contribution < -0.4 is 0 Å². The van der Waals surface area contributed by atoms with Crippen LogP contribution >= 0.6 is 31.9 Å². The highest BCUT2D eigenvalue weighted by molar-refractivity contribution is 9.11. The molecule has 0 bridgehead atoms. The van der Waals surface area contributed by atoms with Crippen LogP contribution in [0.25, 0.3) is 0 Å². The Bertz CT molecular complexity index is 273. The van der Waals surface area contributed by atoms with Crippen LogP contribution in [-0.2, 0) is 4.74 Å². The van der Waals surface area contributed by atoms with Gasteiger partial charge in [-0.2, -0.15) is 0 Å². The highest BCUT2D eigenvalue weighted by atomic mass is 79.9. The van der Waals surface area contributed by atoms with Crippen molar-refractivity contribution in [3.63, 3.8) is 0 Å². The summed E-state index contributed by atoms with van der Waals surface area (Å²) in [6.07, 6.45) is 0.122. The Morgan fingerprint density at radius 3 is 2.58 bits per heavy atom. The minimum Gasteiger partial charge on any atom is -0.377 e. The molecule has 0 spiro atoms. The molecule has 1 aromatic carbocycles. The molecule has 0 aliphatic heterocycles. The fraction of sp³-hybridized carbons (Fsp3) is 0.333. The molecule has 0 amide bonds. The lowest BCUT2D eigenvalue weighted by atomic mass is 10.1. The first-order chi connectivity index (χ1) is 5.65. The van der Waals surface area contributed by atoms with Crippen molar-refractivity contribution in [2.24, 2.45) is 0 Å². The van der Waals surface area contributed by atoms with Crippen LogP contribution in [0.15, 0.2) is 27.1 Å². The Morgan fingerprint density at radius 1 is 1.33 bits per heavy atom. The predicted octanol–water partition coefficient (Wildman–Crippen LogP) is 3.92. The van der Waals surface area contributed by atoms with E-state index in [1.165, 1.54) is 0 Å². The van der Waals surface area contributed by atoms with Gasteiger partial charge in [0.25, 0.3) is 0 Å². The molecule has 1 rings (SSSR count). The van der Waals surface area contributed by atoms with Crippen molar-refractivity contribution in [3.05, 3.63) is 32.7 Å². The summed E-state index contributed by atoms with van der Waals surface area (Å²) in [5.74, 6) is 0. The number of benzene rings is 1. The Kier molecular flexibility index (Phi) is 3.75.